The first-order chi connectivity index (χ1) is 8.15. The van der Waals surface area contributed by atoms with Crippen molar-refractivity contribution in [1.82, 2.24) is 4.98 Å². The van der Waals surface area contributed by atoms with E-state index < -0.39 is 0 Å². The van der Waals surface area contributed by atoms with Gasteiger partial charge in [-0.25, -0.2) is 4.98 Å². The first-order valence-electron chi connectivity index (χ1n) is 4.49. The number of hydrogen-bond donors (Lipinski definition) is 2. The summed E-state index contributed by atoms with van der Waals surface area (Å²) in [7, 11) is 0. The smallest absolute Gasteiger partial charge is 0.142 e. The predicted octanol–water partition coefficient (Wildman–Crippen LogP) is 2.14. The largest absolute Gasteiger partial charge is 0.506 e. The minimum atomic E-state index is -0.0805. The van der Waals surface area contributed by atoms with Crippen LogP contribution >= 0.6 is 11.3 Å². The van der Waals surface area contributed by atoms with Crippen molar-refractivity contribution in [3.8, 4) is 23.6 Å². The lowest BCUT2D eigenvalue weighted by molar-refractivity contribution is 0.469. The van der Waals surface area contributed by atoms with E-state index in [4.69, 9.17) is 10.5 Å². The van der Waals surface area contributed by atoms with Crippen LogP contribution in [0.1, 0.15) is 5.01 Å². The van der Waals surface area contributed by atoms with E-state index in [2.05, 4.69) is 4.98 Å². The quantitative estimate of drug-likeness (QED) is 0.590. The third kappa shape index (κ3) is 1.89. The summed E-state index contributed by atoms with van der Waals surface area (Å²) in [4.78, 5) is 4.04. The van der Waals surface area contributed by atoms with Crippen molar-refractivity contribution in [1.29, 1.82) is 10.5 Å². The zero-order valence-corrected chi connectivity index (χ0v) is 9.19. The number of fused-ring (bicyclic) bond motifs is 1. The summed E-state index contributed by atoms with van der Waals surface area (Å²) >= 11 is 1.10. The maximum atomic E-state index is 9.57. The van der Waals surface area contributed by atoms with Crippen molar-refractivity contribution in [2.45, 2.75) is 0 Å². The second kappa shape index (κ2) is 4.12. The van der Waals surface area contributed by atoms with E-state index in [-0.39, 0.29) is 22.6 Å². The first kappa shape index (κ1) is 10.9. The van der Waals surface area contributed by atoms with E-state index in [1.54, 1.807) is 12.1 Å². The lowest BCUT2D eigenvalue weighted by atomic mass is 10.3. The summed E-state index contributed by atoms with van der Waals surface area (Å²) in [5, 5.41) is 36.7. The second-order valence-corrected chi connectivity index (χ2v) is 4.15. The molecule has 0 radical (unpaired) electrons. The SMILES string of the molecule is N#CC(C#N)=Cc1nc2c(O)ccc(O)c2s1. The normalized spacial score (nSPS) is 9.53. The third-order valence-corrected chi connectivity index (χ3v) is 3.05. The van der Waals surface area contributed by atoms with Crippen molar-refractivity contribution in [3.05, 3.63) is 22.7 Å². The molecule has 2 N–H and O–H groups in total. The van der Waals surface area contributed by atoms with Crippen molar-refractivity contribution >= 4 is 27.6 Å². The number of rotatable bonds is 1. The summed E-state index contributed by atoms with van der Waals surface area (Å²) in [5.41, 5.74) is 0.180. The predicted molar refractivity (Wildman–Crippen MR) is 62.2 cm³/mol. The van der Waals surface area contributed by atoms with Crippen molar-refractivity contribution in [3.63, 3.8) is 0 Å². The van der Waals surface area contributed by atoms with E-state index in [0.717, 1.165) is 11.3 Å². The molecule has 82 valence electrons. The topological polar surface area (TPSA) is 101 Å². The van der Waals surface area contributed by atoms with Gasteiger partial charge in [0.05, 0.1) is 0 Å². The lowest BCUT2D eigenvalue weighted by Crippen LogP contribution is -1.74. The van der Waals surface area contributed by atoms with Gasteiger partial charge in [0.15, 0.2) is 0 Å². The Kier molecular flexibility index (Phi) is 2.65. The Balaban J connectivity index is 2.65. The van der Waals surface area contributed by atoms with Gasteiger partial charge in [-0.15, -0.1) is 11.3 Å². The average Bonchev–Trinajstić information content (AvgIpc) is 2.76. The van der Waals surface area contributed by atoms with Crippen LogP contribution in [0, 0.1) is 22.7 Å². The molecular formula is C11H5N3O2S. The zero-order valence-electron chi connectivity index (χ0n) is 8.38. The van der Waals surface area contributed by atoms with Crippen LogP contribution in [0.5, 0.6) is 11.5 Å². The molecule has 6 heteroatoms. The Labute approximate surface area is 100 Å². The van der Waals surface area contributed by atoms with Gasteiger partial charge in [-0.2, -0.15) is 10.5 Å². The zero-order chi connectivity index (χ0) is 12.4. The summed E-state index contributed by atoms with van der Waals surface area (Å²) < 4.78 is 0.423. The third-order valence-electron chi connectivity index (χ3n) is 2.03. The molecule has 1 aromatic carbocycles. The summed E-state index contributed by atoms with van der Waals surface area (Å²) in [6.45, 7) is 0. The molecule has 0 aliphatic rings. The molecule has 0 atom stereocenters. The van der Waals surface area contributed by atoms with Crippen LogP contribution in [-0.2, 0) is 0 Å². The highest BCUT2D eigenvalue weighted by Gasteiger charge is 2.10. The standard InChI is InChI=1S/C11H5N3O2S/c12-4-6(5-13)3-9-14-10-7(15)1-2-8(16)11(10)17-9/h1-3,15-16H. The summed E-state index contributed by atoms with van der Waals surface area (Å²) in [6, 6.07) is 6.12. The Morgan fingerprint density at radius 1 is 1.24 bits per heavy atom. The van der Waals surface area contributed by atoms with Crippen molar-refractivity contribution < 1.29 is 10.2 Å². The fourth-order valence-corrected chi connectivity index (χ4v) is 2.21. The maximum absolute atomic E-state index is 9.57. The molecular weight excluding hydrogens is 238 g/mol. The fourth-order valence-electron chi connectivity index (χ4n) is 1.27. The number of aromatic hydroxyl groups is 2. The Morgan fingerprint density at radius 3 is 2.47 bits per heavy atom. The molecule has 5 nitrogen and oxygen atoms in total. The number of thiazole rings is 1. The van der Waals surface area contributed by atoms with Crippen molar-refractivity contribution in [2.24, 2.45) is 0 Å². The molecule has 0 aliphatic carbocycles. The van der Waals surface area contributed by atoms with Crippen LogP contribution in [0.15, 0.2) is 17.7 Å². The Hall–Kier alpha value is -2.57. The second-order valence-electron chi connectivity index (χ2n) is 3.12. The van der Waals surface area contributed by atoms with E-state index >= 15 is 0 Å². The van der Waals surface area contributed by atoms with E-state index in [9.17, 15) is 10.2 Å². The van der Waals surface area contributed by atoms with Gasteiger partial charge in [0.1, 0.15) is 44.4 Å². The number of nitriles is 2. The molecule has 0 amide bonds. The van der Waals surface area contributed by atoms with Gasteiger partial charge >= 0.3 is 0 Å². The molecule has 2 rings (SSSR count). The highest BCUT2D eigenvalue weighted by molar-refractivity contribution is 7.19. The number of nitrogens with zero attached hydrogens (tertiary/aromatic N) is 3. The molecule has 1 aromatic heterocycles. The number of phenolic OH excluding ortho intramolecular Hbond substituents is 2. The summed E-state index contributed by atoms with van der Waals surface area (Å²) in [6.07, 6.45) is 1.31. The Bertz CT molecular complexity index is 649. The van der Waals surface area contributed by atoms with Gasteiger partial charge in [0.2, 0.25) is 0 Å². The van der Waals surface area contributed by atoms with Crippen LogP contribution < -0.4 is 0 Å². The molecule has 1 heterocycles. The Morgan fingerprint density at radius 2 is 1.88 bits per heavy atom. The van der Waals surface area contributed by atoms with Crippen molar-refractivity contribution in [2.75, 3.05) is 0 Å². The number of phenols is 2. The van der Waals surface area contributed by atoms with Gasteiger partial charge in [0, 0.05) is 6.08 Å². The minimum Gasteiger partial charge on any atom is -0.506 e. The molecule has 0 fully saturated rings. The lowest BCUT2D eigenvalue weighted by Gasteiger charge is -1.94. The van der Waals surface area contributed by atoms with E-state index in [0.29, 0.717) is 9.71 Å². The number of aromatic nitrogens is 1. The van der Waals surface area contributed by atoms with E-state index in [1.165, 1.54) is 18.2 Å². The van der Waals surface area contributed by atoms with Gasteiger partial charge in [-0.05, 0) is 12.1 Å². The van der Waals surface area contributed by atoms with Gasteiger partial charge in [-0.3, -0.25) is 0 Å². The number of allylic oxidation sites excluding steroid dienone is 1. The van der Waals surface area contributed by atoms with Gasteiger partial charge in [-0.1, -0.05) is 0 Å². The molecule has 0 bridgehead atoms. The fraction of sp³-hybridized carbons (Fsp3) is 0. The van der Waals surface area contributed by atoms with E-state index in [1.807, 2.05) is 0 Å². The molecule has 2 aromatic rings. The van der Waals surface area contributed by atoms with Gasteiger partial charge in [0.25, 0.3) is 0 Å². The van der Waals surface area contributed by atoms with Crippen LogP contribution in [0.25, 0.3) is 16.3 Å². The molecule has 0 unspecified atom stereocenters. The highest BCUT2D eigenvalue weighted by atomic mass is 32.1. The minimum absolute atomic E-state index is 0.00501. The summed E-state index contributed by atoms with van der Waals surface area (Å²) in [5.74, 6) is -0.0467. The first-order valence-corrected chi connectivity index (χ1v) is 5.30. The maximum Gasteiger partial charge on any atom is 0.142 e. The number of benzene rings is 1. The average molecular weight is 243 g/mol. The van der Waals surface area contributed by atoms with Crippen LogP contribution in [0.4, 0.5) is 0 Å². The van der Waals surface area contributed by atoms with Crippen LogP contribution in [0.2, 0.25) is 0 Å². The monoisotopic (exact) mass is 243 g/mol. The molecule has 0 aliphatic heterocycles. The van der Waals surface area contributed by atoms with Crippen LogP contribution in [-0.4, -0.2) is 15.2 Å². The molecule has 0 spiro atoms. The number of hydrogen-bond acceptors (Lipinski definition) is 6. The molecule has 0 saturated heterocycles. The molecule has 0 saturated carbocycles. The van der Waals surface area contributed by atoms with Gasteiger partial charge < -0.3 is 10.2 Å². The van der Waals surface area contributed by atoms with Crippen LogP contribution in [0.3, 0.4) is 0 Å². The molecule has 17 heavy (non-hydrogen) atoms. The highest BCUT2D eigenvalue weighted by Crippen LogP contribution is 2.36.